The zero-order valence-corrected chi connectivity index (χ0v) is 15.5. The van der Waals surface area contributed by atoms with E-state index in [1.165, 1.54) is 12.8 Å². The normalized spacial score (nSPS) is 14.6. The minimum atomic E-state index is -0.110. The molecule has 1 aliphatic carbocycles. The van der Waals surface area contributed by atoms with Gasteiger partial charge in [-0.1, -0.05) is 30.2 Å². The molecular formula is C21H24N4O2. The van der Waals surface area contributed by atoms with Crippen LogP contribution in [-0.4, -0.2) is 27.5 Å². The molecule has 3 aromatic rings. The Kier molecular flexibility index (Phi) is 5.05. The molecule has 27 heavy (non-hydrogen) atoms. The van der Waals surface area contributed by atoms with Crippen LogP contribution in [0.3, 0.4) is 0 Å². The highest BCUT2D eigenvalue weighted by molar-refractivity contribution is 5.97. The van der Waals surface area contributed by atoms with E-state index >= 15 is 0 Å². The summed E-state index contributed by atoms with van der Waals surface area (Å²) in [5.41, 5.74) is 3.41. The number of rotatable bonds is 6. The van der Waals surface area contributed by atoms with Gasteiger partial charge >= 0.3 is 0 Å². The summed E-state index contributed by atoms with van der Waals surface area (Å²) in [5, 5.41) is 11.5. The van der Waals surface area contributed by atoms with Crippen LogP contribution < -0.4 is 10.1 Å². The summed E-state index contributed by atoms with van der Waals surface area (Å²) in [4.78, 5) is 12.5. The maximum Gasteiger partial charge on any atom is 0.251 e. The van der Waals surface area contributed by atoms with Crippen molar-refractivity contribution >= 4 is 16.9 Å². The first kappa shape index (κ1) is 17.5. The van der Waals surface area contributed by atoms with Gasteiger partial charge in [-0.25, -0.2) is 4.68 Å². The molecule has 6 heteroatoms. The monoisotopic (exact) mass is 364 g/mol. The first-order valence-corrected chi connectivity index (χ1v) is 9.59. The highest BCUT2D eigenvalue weighted by Crippen LogP contribution is 2.31. The zero-order valence-electron chi connectivity index (χ0n) is 15.5. The molecule has 1 N–H and O–H groups in total. The molecule has 0 saturated heterocycles. The standard InChI is InChI=1S/C21H24N4O2/c1-2-27-18-10-7-15(8-11-18)14-22-21(26)16-9-12-20-19(13-16)23-24-25(20)17-5-3-4-6-17/h7-13,17H,2-6,14H2,1H3,(H,22,26). The second-order valence-electron chi connectivity index (χ2n) is 6.94. The third-order valence-corrected chi connectivity index (χ3v) is 5.09. The minimum Gasteiger partial charge on any atom is -0.494 e. The fraction of sp³-hybridized carbons (Fsp3) is 0.381. The Morgan fingerprint density at radius 1 is 1.19 bits per heavy atom. The SMILES string of the molecule is CCOc1ccc(CNC(=O)c2ccc3c(c2)nnn3C2CCCC2)cc1. The van der Waals surface area contributed by atoms with E-state index in [9.17, 15) is 4.79 Å². The number of carbonyl (C=O) groups is 1. The summed E-state index contributed by atoms with van der Waals surface area (Å²) < 4.78 is 7.45. The summed E-state index contributed by atoms with van der Waals surface area (Å²) in [6.45, 7) is 3.07. The van der Waals surface area contributed by atoms with E-state index in [0.29, 0.717) is 24.8 Å². The molecule has 4 rings (SSSR count). The van der Waals surface area contributed by atoms with Crippen molar-refractivity contribution in [2.75, 3.05) is 6.61 Å². The second kappa shape index (κ2) is 7.78. The van der Waals surface area contributed by atoms with E-state index in [1.807, 2.05) is 54.1 Å². The lowest BCUT2D eigenvalue weighted by molar-refractivity contribution is 0.0951. The number of carbonyl (C=O) groups excluding carboxylic acids is 1. The van der Waals surface area contributed by atoms with Gasteiger partial charge in [-0.3, -0.25) is 4.79 Å². The van der Waals surface area contributed by atoms with Gasteiger partial charge in [0, 0.05) is 12.1 Å². The first-order valence-electron chi connectivity index (χ1n) is 9.59. The summed E-state index contributed by atoms with van der Waals surface area (Å²) in [6.07, 6.45) is 4.81. The Balaban J connectivity index is 1.43. The van der Waals surface area contributed by atoms with Gasteiger partial charge in [0.2, 0.25) is 0 Å². The van der Waals surface area contributed by atoms with Gasteiger partial charge in [-0.2, -0.15) is 0 Å². The molecule has 0 radical (unpaired) electrons. The van der Waals surface area contributed by atoms with Crippen molar-refractivity contribution in [2.45, 2.75) is 45.2 Å². The number of amides is 1. The molecule has 0 aliphatic heterocycles. The van der Waals surface area contributed by atoms with Crippen LogP contribution in [0.5, 0.6) is 5.75 Å². The van der Waals surface area contributed by atoms with Gasteiger partial charge < -0.3 is 10.1 Å². The predicted octanol–water partition coefficient (Wildman–Crippen LogP) is 3.88. The second-order valence-corrected chi connectivity index (χ2v) is 6.94. The Morgan fingerprint density at radius 2 is 1.96 bits per heavy atom. The summed E-state index contributed by atoms with van der Waals surface area (Å²) in [6, 6.07) is 13.8. The lowest BCUT2D eigenvalue weighted by Gasteiger charge is -2.10. The molecule has 1 fully saturated rings. The third-order valence-electron chi connectivity index (χ3n) is 5.09. The number of nitrogens with zero attached hydrogens (tertiary/aromatic N) is 3. The largest absolute Gasteiger partial charge is 0.494 e. The number of nitrogens with one attached hydrogen (secondary N) is 1. The zero-order chi connectivity index (χ0) is 18.6. The lowest BCUT2D eigenvalue weighted by atomic mass is 10.1. The van der Waals surface area contributed by atoms with Crippen molar-refractivity contribution < 1.29 is 9.53 Å². The Hall–Kier alpha value is -2.89. The molecule has 1 aliphatic rings. The molecule has 6 nitrogen and oxygen atoms in total. The van der Waals surface area contributed by atoms with Gasteiger partial charge in [0.25, 0.3) is 5.91 Å². The number of hydrogen-bond donors (Lipinski definition) is 1. The highest BCUT2D eigenvalue weighted by atomic mass is 16.5. The van der Waals surface area contributed by atoms with Crippen molar-refractivity contribution in [3.63, 3.8) is 0 Å². The van der Waals surface area contributed by atoms with Gasteiger partial charge in [-0.15, -0.1) is 5.10 Å². The molecule has 1 aromatic heterocycles. The van der Waals surface area contributed by atoms with E-state index in [0.717, 1.165) is 35.2 Å². The van der Waals surface area contributed by atoms with Crippen molar-refractivity contribution in [3.8, 4) is 5.75 Å². The van der Waals surface area contributed by atoms with Crippen molar-refractivity contribution in [1.82, 2.24) is 20.3 Å². The first-order chi connectivity index (χ1) is 13.2. The van der Waals surface area contributed by atoms with Crippen molar-refractivity contribution in [1.29, 1.82) is 0 Å². The van der Waals surface area contributed by atoms with Gasteiger partial charge in [0.1, 0.15) is 11.3 Å². The summed E-state index contributed by atoms with van der Waals surface area (Å²) >= 11 is 0. The van der Waals surface area contributed by atoms with Gasteiger partial charge in [-0.05, 0) is 55.7 Å². The number of hydrogen-bond acceptors (Lipinski definition) is 4. The average Bonchev–Trinajstić information content (AvgIpc) is 3.36. The van der Waals surface area contributed by atoms with Crippen LogP contribution >= 0.6 is 0 Å². The molecule has 0 unspecified atom stereocenters. The minimum absolute atomic E-state index is 0.110. The Bertz CT molecular complexity index is 927. The summed E-state index contributed by atoms with van der Waals surface area (Å²) in [5.74, 6) is 0.726. The Labute approximate surface area is 158 Å². The summed E-state index contributed by atoms with van der Waals surface area (Å²) in [7, 11) is 0. The fourth-order valence-electron chi connectivity index (χ4n) is 3.66. The third kappa shape index (κ3) is 3.79. The molecule has 1 amide bonds. The smallest absolute Gasteiger partial charge is 0.251 e. The Morgan fingerprint density at radius 3 is 2.70 bits per heavy atom. The van der Waals surface area contributed by atoms with Crippen molar-refractivity contribution in [2.24, 2.45) is 0 Å². The van der Waals surface area contributed by atoms with Crippen LogP contribution in [-0.2, 0) is 6.54 Å². The van der Waals surface area contributed by atoms with E-state index in [-0.39, 0.29) is 5.91 Å². The van der Waals surface area contributed by atoms with E-state index in [1.54, 1.807) is 0 Å². The van der Waals surface area contributed by atoms with Crippen LogP contribution in [0.25, 0.3) is 11.0 Å². The molecule has 1 saturated carbocycles. The lowest BCUT2D eigenvalue weighted by Crippen LogP contribution is -2.22. The van der Waals surface area contributed by atoms with Crippen LogP contribution in [0.4, 0.5) is 0 Å². The van der Waals surface area contributed by atoms with Crippen LogP contribution in [0.2, 0.25) is 0 Å². The number of benzene rings is 2. The van der Waals surface area contributed by atoms with E-state index in [2.05, 4.69) is 15.6 Å². The number of aromatic nitrogens is 3. The van der Waals surface area contributed by atoms with Crippen LogP contribution in [0.15, 0.2) is 42.5 Å². The fourth-order valence-corrected chi connectivity index (χ4v) is 3.66. The molecular weight excluding hydrogens is 340 g/mol. The van der Waals surface area contributed by atoms with Gasteiger partial charge in [0.15, 0.2) is 0 Å². The number of ether oxygens (including phenoxy) is 1. The van der Waals surface area contributed by atoms with E-state index < -0.39 is 0 Å². The molecule has 0 atom stereocenters. The number of fused-ring (bicyclic) bond motifs is 1. The maximum absolute atomic E-state index is 12.5. The highest BCUT2D eigenvalue weighted by Gasteiger charge is 2.20. The van der Waals surface area contributed by atoms with Crippen LogP contribution in [0, 0.1) is 0 Å². The van der Waals surface area contributed by atoms with E-state index in [4.69, 9.17) is 4.74 Å². The average molecular weight is 364 g/mol. The van der Waals surface area contributed by atoms with Crippen LogP contribution in [0.1, 0.15) is 54.6 Å². The topological polar surface area (TPSA) is 69.0 Å². The molecule has 2 aromatic carbocycles. The molecule has 140 valence electrons. The maximum atomic E-state index is 12.5. The predicted molar refractivity (Wildman–Crippen MR) is 104 cm³/mol. The molecule has 0 bridgehead atoms. The van der Waals surface area contributed by atoms with Crippen molar-refractivity contribution in [3.05, 3.63) is 53.6 Å². The molecule has 1 heterocycles. The van der Waals surface area contributed by atoms with Gasteiger partial charge in [0.05, 0.1) is 18.2 Å². The molecule has 0 spiro atoms. The quantitative estimate of drug-likeness (QED) is 0.721.